The second kappa shape index (κ2) is 13.8. The van der Waals surface area contributed by atoms with Gasteiger partial charge in [-0.2, -0.15) is 5.10 Å². The van der Waals surface area contributed by atoms with Crippen molar-refractivity contribution in [2.45, 2.75) is 13.5 Å². The third-order valence-corrected chi connectivity index (χ3v) is 7.92. The Morgan fingerprint density at radius 2 is 1.86 bits per heavy atom. The summed E-state index contributed by atoms with van der Waals surface area (Å²) in [5, 5.41) is 11.8. The molecule has 1 aliphatic rings. The van der Waals surface area contributed by atoms with Crippen molar-refractivity contribution in [3.8, 4) is 5.75 Å². The molecule has 0 aliphatic carbocycles. The topological polar surface area (TPSA) is 96.5 Å². The first kappa shape index (κ1) is 29.6. The number of nitrogens with one attached hydrogen (secondary N) is 1. The predicted octanol–water partition coefficient (Wildman–Crippen LogP) is 7.64. The van der Waals surface area contributed by atoms with Crippen LogP contribution >= 0.6 is 43.6 Å². The molecule has 0 spiro atoms. The van der Waals surface area contributed by atoms with E-state index in [1.807, 2.05) is 67.6 Å². The van der Waals surface area contributed by atoms with E-state index in [0.717, 1.165) is 20.1 Å². The molecule has 0 saturated carbocycles. The highest BCUT2D eigenvalue weighted by Gasteiger charge is 2.34. The van der Waals surface area contributed by atoms with E-state index in [4.69, 9.17) is 9.15 Å². The van der Waals surface area contributed by atoms with Crippen molar-refractivity contribution in [3.05, 3.63) is 121 Å². The van der Waals surface area contributed by atoms with Gasteiger partial charge in [0.05, 0.1) is 23.9 Å². The lowest BCUT2D eigenvalue weighted by atomic mass is 10.2. The molecule has 1 aliphatic heterocycles. The smallest absolute Gasteiger partial charge is 0.267 e. The number of amidine groups is 1. The van der Waals surface area contributed by atoms with Crippen molar-refractivity contribution in [2.24, 2.45) is 10.2 Å². The van der Waals surface area contributed by atoms with Crippen LogP contribution in [0.1, 0.15) is 22.5 Å². The SMILES string of the molecule is Cc1ccc(NC(=O)COc2ccc(Br)cc2/C=C2\S/C(=N/N=C\c3cccc(Br)c3)N(Cc3ccco3)C2=O)cc1. The van der Waals surface area contributed by atoms with Crippen molar-refractivity contribution >= 4 is 78.6 Å². The van der Waals surface area contributed by atoms with Gasteiger partial charge in [0.2, 0.25) is 0 Å². The third kappa shape index (κ3) is 7.87. The van der Waals surface area contributed by atoms with E-state index < -0.39 is 0 Å². The maximum absolute atomic E-state index is 13.6. The van der Waals surface area contributed by atoms with Crippen LogP contribution < -0.4 is 10.1 Å². The second-order valence-corrected chi connectivity index (χ2v) is 12.0. The Bertz CT molecular complexity index is 1690. The average Bonchev–Trinajstić information content (AvgIpc) is 3.58. The number of carbonyl (C=O) groups is 2. The van der Waals surface area contributed by atoms with E-state index in [9.17, 15) is 9.59 Å². The molecule has 5 rings (SSSR count). The summed E-state index contributed by atoms with van der Waals surface area (Å²) >= 11 is 8.14. The Morgan fingerprint density at radius 3 is 2.62 bits per heavy atom. The van der Waals surface area contributed by atoms with Crippen LogP contribution in [0.4, 0.5) is 5.69 Å². The molecule has 0 atom stereocenters. The zero-order valence-corrected chi connectivity index (χ0v) is 26.3. The molecule has 0 radical (unpaired) electrons. The molecule has 3 aromatic carbocycles. The number of furan rings is 1. The molecule has 42 heavy (non-hydrogen) atoms. The van der Waals surface area contributed by atoms with Gasteiger partial charge in [0.25, 0.3) is 11.8 Å². The fourth-order valence-electron chi connectivity index (χ4n) is 3.89. The lowest BCUT2D eigenvalue weighted by Crippen LogP contribution is -2.28. The highest BCUT2D eigenvalue weighted by Crippen LogP contribution is 2.36. The fraction of sp³-hybridized carbons (Fsp3) is 0.0968. The lowest BCUT2D eigenvalue weighted by Gasteiger charge is -2.13. The molecule has 1 saturated heterocycles. The summed E-state index contributed by atoms with van der Waals surface area (Å²) in [6.07, 6.45) is 4.90. The predicted molar refractivity (Wildman–Crippen MR) is 173 cm³/mol. The van der Waals surface area contributed by atoms with Crippen molar-refractivity contribution in [2.75, 3.05) is 11.9 Å². The highest BCUT2D eigenvalue weighted by molar-refractivity contribution is 9.10. The number of carbonyl (C=O) groups excluding carboxylic acids is 2. The molecule has 11 heteroatoms. The van der Waals surface area contributed by atoms with E-state index >= 15 is 0 Å². The number of ether oxygens (including phenoxy) is 1. The summed E-state index contributed by atoms with van der Waals surface area (Å²) in [7, 11) is 0. The average molecular weight is 708 g/mol. The zero-order chi connectivity index (χ0) is 29.5. The first-order chi connectivity index (χ1) is 20.3. The monoisotopic (exact) mass is 706 g/mol. The van der Waals surface area contributed by atoms with Gasteiger partial charge in [0, 0.05) is 20.2 Å². The van der Waals surface area contributed by atoms with Gasteiger partial charge in [-0.05, 0) is 84.9 Å². The van der Waals surface area contributed by atoms with Crippen molar-refractivity contribution in [1.29, 1.82) is 0 Å². The number of anilines is 1. The van der Waals surface area contributed by atoms with E-state index in [2.05, 4.69) is 47.4 Å². The van der Waals surface area contributed by atoms with Crippen LogP contribution in [0.25, 0.3) is 6.08 Å². The number of hydrogen-bond donors (Lipinski definition) is 1. The highest BCUT2D eigenvalue weighted by atomic mass is 79.9. The van der Waals surface area contributed by atoms with Crippen LogP contribution in [-0.4, -0.2) is 34.7 Å². The summed E-state index contributed by atoms with van der Waals surface area (Å²) < 4.78 is 13.1. The van der Waals surface area contributed by atoms with Crippen LogP contribution in [0.3, 0.4) is 0 Å². The van der Waals surface area contributed by atoms with E-state index in [1.165, 1.54) is 16.7 Å². The Labute approximate surface area is 263 Å². The minimum Gasteiger partial charge on any atom is -0.483 e. The number of thioether (sulfide) groups is 1. The maximum atomic E-state index is 13.6. The molecular formula is C31H24Br2N4O4S. The molecule has 8 nitrogen and oxygen atoms in total. The number of hydrogen-bond acceptors (Lipinski definition) is 7. The minimum absolute atomic E-state index is 0.197. The van der Waals surface area contributed by atoms with Crippen LogP contribution in [0.5, 0.6) is 5.75 Å². The van der Waals surface area contributed by atoms with E-state index in [-0.39, 0.29) is 25.0 Å². The molecule has 1 N–H and O–H groups in total. The number of aryl methyl sites for hydroxylation is 1. The van der Waals surface area contributed by atoms with E-state index in [0.29, 0.717) is 32.8 Å². The summed E-state index contributed by atoms with van der Waals surface area (Å²) in [4.78, 5) is 28.0. The van der Waals surface area contributed by atoms with E-state index in [1.54, 1.807) is 36.8 Å². The molecule has 1 aromatic heterocycles. The van der Waals surface area contributed by atoms with Gasteiger partial charge in [0.1, 0.15) is 11.5 Å². The minimum atomic E-state index is -0.297. The van der Waals surface area contributed by atoms with Gasteiger partial charge >= 0.3 is 0 Å². The van der Waals surface area contributed by atoms with Crippen LogP contribution in [0.2, 0.25) is 0 Å². The number of amides is 2. The van der Waals surface area contributed by atoms with Crippen molar-refractivity contribution in [1.82, 2.24) is 4.90 Å². The normalized spacial score (nSPS) is 15.2. The maximum Gasteiger partial charge on any atom is 0.267 e. The fourth-order valence-corrected chi connectivity index (χ4v) is 5.62. The number of halogens is 2. The molecular weight excluding hydrogens is 684 g/mol. The third-order valence-electron chi connectivity index (χ3n) is 5.93. The standard InChI is InChI=1S/C31H24Br2N4O4S/c1-20-7-10-25(11-8-20)35-29(38)19-41-27-12-9-24(33)15-22(27)16-28-30(39)37(18-26-6-3-13-40-26)31(42-28)36-34-17-21-4-2-5-23(32)14-21/h2-17H,18-19H2,1H3,(H,35,38)/b28-16-,34-17-,36-31+. The molecule has 2 amide bonds. The zero-order valence-electron chi connectivity index (χ0n) is 22.3. The Hall–Kier alpha value is -3.93. The first-order valence-corrected chi connectivity index (χ1v) is 15.1. The summed E-state index contributed by atoms with van der Waals surface area (Å²) in [6.45, 7) is 1.98. The van der Waals surface area contributed by atoms with Crippen molar-refractivity contribution in [3.63, 3.8) is 0 Å². The van der Waals surface area contributed by atoms with Crippen LogP contribution in [-0.2, 0) is 16.1 Å². The Morgan fingerprint density at radius 1 is 1.05 bits per heavy atom. The number of rotatable bonds is 9. The molecule has 0 unspecified atom stereocenters. The van der Waals surface area contributed by atoms with Gasteiger partial charge in [-0.25, -0.2) is 0 Å². The van der Waals surface area contributed by atoms with Gasteiger partial charge in [0.15, 0.2) is 11.8 Å². The number of nitrogens with zero attached hydrogens (tertiary/aromatic N) is 3. The molecule has 0 bridgehead atoms. The largest absolute Gasteiger partial charge is 0.483 e. The van der Waals surface area contributed by atoms with Gasteiger partial charge < -0.3 is 14.5 Å². The van der Waals surface area contributed by atoms with Crippen LogP contribution in [0.15, 0.2) is 114 Å². The molecule has 1 fully saturated rings. The molecule has 4 aromatic rings. The van der Waals surface area contributed by atoms with Gasteiger partial charge in [-0.15, -0.1) is 5.10 Å². The van der Waals surface area contributed by atoms with Gasteiger partial charge in [-0.3, -0.25) is 14.5 Å². The summed E-state index contributed by atoms with van der Waals surface area (Å²) in [6, 6.07) is 24.1. The van der Waals surface area contributed by atoms with Crippen molar-refractivity contribution < 1.29 is 18.7 Å². The quantitative estimate of drug-likeness (QED) is 0.110. The Balaban J connectivity index is 1.36. The molecule has 2 heterocycles. The van der Waals surface area contributed by atoms with Crippen LogP contribution in [0, 0.1) is 6.92 Å². The Kier molecular flexibility index (Phi) is 9.73. The molecule has 212 valence electrons. The summed E-state index contributed by atoms with van der Waals surface area (Å²) in [5.41, 5.74) is 3.27. The second-order valence-electron chi connectivity index (χ2n) is 9.15. The number of benzene rings is 3. The summed E-state index contributed by atoms with van der Waals surface area (Å²) in [5.74, 6) is 0.513. The lowest BCUT2D eigenvalue weighted by molar-refractivity contribution is -0.122. The first-order valence-electron chi connectivity index (χ1n) is 12.7. The van der Waals surface area contributed by atoms with Gasteiger partial charge in [-0.1, -0.05) is 61.7 Å².